The zero-order valence-electron chi connectivity index (χ0n) is 7.40. The van der Waals surface area contributed by atoms with Crippen molar-refractivity contribution >= 4 is 11.6 Å². The van der Waals surface area contributed by atoms with E-state index in [9.17, 15) is 4.39 Å². The second-order valence-electron chi connectivity index (χ2n) is 2.68. The van der Waals surface area contributed by atoms with Gasteiger partial charge in [-0.05, 0) is 24.6 Å². The van der Waals surface area contributed by atoms with Gasteiger partial charge in [-0.1, -0.05) is 30.4 Å². The summed E-state index contributed by atoms with van der Waals surface area (Å²) in [6.07, 6.45) is 1.89. The normalized spacial score (nSPS) is 9.15. The molecule has 0 N–H and O–H groups in total. The summed E-state index contributed by atoms with van der Waals surface area (Å²) in [6.45, 7) is 2.06. The van der Waals surface area contributed by atoms with Gasteiger partial charge in [0.15, 0.2) is 0 Å². The molecule has 0 heterocycles. The van der Waals surface area contributed by atoms with Crippen LogP contribution in [0, 0.1) is 17.7 Å². The molecule has 0 unspecified atom stereocenters. The number of rotatable bonds is 1. The molecular formula is C11H10ClF. The van der Waals surface area contributed by atoms with Gasteiger partial charge in [0.25, 0.3) is 0 Å². The lowest BCUT2D eigenvalue weighted by Gasteiger charge is -1.93. The number of benzene rings is 1. The minimum absolute atomic E-state index is 0.128. The first-order valence-corrected chi connectivity index (χ1v) is 4.55. The van der Waals surface area contributed by atoms with E-state index in [1.54, 1.807) is 12.1 Å². The summed E-state index contributed by atoms with van der Waals surface area (Å²) in [5.74, 6) is 5.48. The maximum atomic E-state index is 12.7. The third-order valence-electron chi connectivity index (χ3n) is 1.53. The van der Waals surface area contributed by atoms with Gasteiger partial charge in [-0.15, -0.1) is 0 Å². The summed E-state index contributed by atoms with van der Waals surface area (Å²) in [7, 11) is 0. The Labute approximate surface area is 82.7 Å². The molecule has 13 heavy (non-hydrogen) atoms. The molecule has 0 bridgehead atoms. The van der Waals surface area contributed by atoms with Crippen molar-refractivity contribution < 1.29 is 4.39 Å². The minimum atomic E-state index is -0.400. The smallest absolute Gasteiger partial charge is 0.141 e. The first kappa shape index (κ1) is 10.1. The minimum Gasteiger partial charge on any atom is -0.205 e. The van der Waals surface area contributed by atoms with Crippen LogP contribution in [-0.2, 0) is 0 Å². The maximum absolute atomic E-state index is 12.7. The second-order valence-corrected chi connectivity index (χ2v) is 3.09. The molecule has 0 radical (unpaired) electrons. The van der Waals surface area contributed by atoms with Gasteiger partial charge in [-0.3, -0.25) is 0 Å². The van der Waals surface area contributed by atoms with Crippen LogP contribution < -0.4 is 0 Å². The number of hydrogen-bond acceptors (Lipinski definition) is 0. The largest absolute Gasteiger partial charge is 0.205 e. The van der Waals surface area contributed by atoms with E-state index in [1.165, 1.54) is 6.07 Å². The van der Waals surface area contributed by atoms with Crippen LogP contribution in [0.2, 0.25) is 5.02 Å². The van der Waals surface area contributed by atoms with Gasteiger partial charge in [-0.2, -0.15) is 0 Å². The van der Waals surface area contributed by atoms with Crippen molar-refractivity contribution in [2.45, 2.75) is 19.8 Å². The van der Waals surface area contributed by atoms with Crippen LogP contribution in [0.1, 0.15) is 25.3 Å². The van der Waals surface area contributed by atoms with Crippen molar-refractivity contribution in [1.29, 1.82) is 0 Å². The molecule has 1 aromatic rings. The van der Waals surface area contributed by atoms with Crippen LogP contribution in [0.4, 0.5) is 4.39 Å². The molecule has 0 fully saturated rings. The Balaban J connectivity index is 2.81. The Morgan fingerprint density at radius 3 is 2.85 bits per heavy atom. The quantitative estimate of drug-likeness (QED) is 0.602. The molecule has 2 heteroatoms. The highest BCUT2D eigenvalue weighted by Crippen LogP contribution is 2.15. The van der Waals surface area contributed by atoms with Crippen molar-refractivity contribution in [2.75, 3.05) is 0 Å². The molecular weight excluding hydrogens is 187 g/mol. The first-order valence-electron chi connectivity index (χ1n) is 4.18. The fourth-order valence-corrected chi connectivity index (χ4v) is 1.04. The number of unbranched alkanes of at least 4 members (excludes halogenated alkanes) is 1. The standard InChI is InChI=1S/C11H10ClF/c1-2-3-4-5-9-6-7-11(13)10(12)8-9/h6-8H,2-3H2,1H3. The van der Waals surface area contributed by atoms with Crippen molar-refractivity contribution in [1.82, 2.24) is 0 Å². The molecule has 0 saturated heterocycles. The van der Waals surface area contributed by atoms with Gasteiger partial charge >= 0.3 is 0 Å². The molecule has 0 atom stereocenters. The van der Waals surface area contributed by atoms with E-state index in [1.807, 2.05) is 0 Å². The predicted molar refractivity (Wildman–Crippen MR) is 53.2 cm³/mol. The first-order chi connectivity index (χ1) is 6.24. The molecule has 0 spiro atoms. The summed E-state index contributed by atoms with van der Waals surface area (Å²) in [5, 5.41) is 0.128. The summed E-state index contributed by atoms with van der Waals surface area (Å²) in [4.78, 5) is 0. The highest BCUT2D eigenvalue weighted by atomic mass is 35.5. The van der Waals surface area contributed by atoms with E-state index in [0.717, 1.165) is 18.4 Å². The van der Waals surface area contributed by atoms with Gasteiger partial charge in [-0.25, -0.2) is 4.39 Å². The van der Waals surface area contributed by atoms with Crippen molar-refractivity contribution in [3.05, 3.63) is 34.6 Å². The topological polar surface area (TPSA) is 0 Å². The SMILES string of the molecule is CCCC#Cc1ccc(F)c(Cl)c1. The summed E-state index contributed by atoms with van der Waals surface area (Å²) in [5.41, 5.74) is 0.764. The van der Waals surface area contributed by atoms with Crippen LogP contribution in [-0.4, -0.2) is 0 Å². The molecule has 0 saturated carbocycles. The summed E-state index contributed by atoms with van der Waals surface area (Å²) >= 11 is 5.58. The van der Waals surface area contributed by atoms with Crippen LogP contribution >= 0.6 is 11.6 Å². The summed E-state index contributed by atoms with van der Waals surface area (Å²) in [6, 6.07) is 4.50. The highest BCUT2D eigenvalue weighted by Gasteiger charge is 1.97. The van der Waals surface area contributed by atoms with Crippen LogP contribution in [0.3, 0.4) is 0 Å². The maximum Gasteiger partial charge on any atom is 0.141 e. The molecule has 68 valence electrons. The van der Waals surface area contributed by atoms with Crippen molar-refractivity contribution in [3.63, 3.8) is 0 Å². The molecule has 0 aliphatic carbocycles. The van der Waals surface area contributed by atoms with Crippen molar-refractivity contribution in [3.8, 4) is 11.8 Å². The highest BCUT2D eigenvalue weighted by molar-refractivity contribution is 6.30. The monoisotopic (exact) mass is 196 g/mol. The van der Waals surface area contributed by atoms with E-state index in [-0.39, 0.29) is 5.02 Å². The van der Waals surface area contributed by atoms with Crippen LogP contribution in [0.5, 0.6) is 0 Å². The van der Waals surface area contributed by atoms with Gasteiger partial charge in [0, 0.05) is 12.0 Å². The van der Waals surface area contributed by atoms with E-state index in [2.05, 4.69) is 18.8 Å². The van der Waals surface area contributed by atoms with Crippen LogP contribution in [0.25, 0.3) is 0 Å². The second kappa shape index (κ2) is 4.89. The van der Waals surface area contributed by atoms with E-state index in [0.29, 0.717) is 0 Å². The molecule has 0 aliphatic heterocycles. The third-order valence-corrected chi connectivity index (χ3v) is 1.82. The van der Waals surface area contributed by atoms with E-state index < -0.39 is 5.82 Å². The van der Waals surface area contributed by atoms with Crippen molar-refractivity contribution in [2.24, 2.45) is 0 Å². The summed E-state index contributed by atoms with van der Waals surface area (Å²) < 4.78 is 12.7. The molecule has 1 rings (SSSR count). The van der Waals surface area contributed by atoms with Gasteiger partial charge in [0.1, 0.15) is 5.82 Å². The Hall–Kier alpha value is -1.00. The predicted octanol–water partition coefficient (Wildman–Crippen LogP) is 3.63. The zero-order valence-corrected chi connectivity index (χ0v) is 8.16. The molecule has 0 nitrogen and oxygen atoms in total. The number of halogens is 2. The Morgan fingerprint density at radius 2 is 2.23 bits per heavy atom. The molecule has 0 aliphatic rings. The Morgan fingerprint density at radius 1 is 1.46 bits per heavy atom. The lowest BCUT2D eigenvalue weighted by atomic mass is 10.2. The fourth-order valence-electron chi connectivity index (χ4n) is 0.863. The fraction of sp³-hybridized carbons (Fsp3) is 0.273. The molecule has 0 aromatic heterocycles. The van der Waals surface area contributed by atoms with E-state index >= 15 is 0 Å². The van der Waals surface area contributed by atoms with Gasteiger partial charge < -0.3 is 0 Å². The average molecular weight is 197 g/mol. The average Bonchev–Trinajstić information content (AvgIpc) is 2.12. The van der Waals surface area contributed by atoms with E-state index in [4.69, 9.17) is 11.6 Å². The van der Waals surface area contributed by atoms with Gasteiger partial charge in [0.2, 0.25) is 0 Å². The molecule has 1 aromatic carbocycles. The Bertz CT molecular complexity index is 347. The lowest BCUT2D eigenvalue weighted by molar-refractivity contribution is 0.628. The lowest BCUT2D eigenvalue weighted by Crippen LogP contribution is -1.79. The Kier molecular flexibility index (Phi) is 3.79. The van der Waals surface area contributed by atoms with Gasteiger partial charge in [0.05, 0.1) is 5.02 Å². The third kappa shape index (κ3) is 3.08. The number of hydrogen-bond donors (Lipinski definition) is 0. The van der Waals surface area contributed by atoms with Crippen LogP contribution in [0.15, 0.2) is 18.2 Å². The molecule has 0 amide bonds. The zero-order chi connectivity index (χ0) is 9.68.